The lowest BCUT2D eigenvalue weighted by Crippen LogP contribution is -1.81. The summed E-state index contributed by atoms with van der Waals surface area (Å²) in [6.07, 6.45) is 15.0. The Kier molecular flexibility index (Phi) is 8.13. The standard InChI is InChI=1S/C17H26/c1-7-17(13-9-11-15(4)5)16(6)12-8-10-14(2)3/h7-14H,1-6H3/b10-8-,13-9-,16-12+,17-7+. The zero-order valence-corrected chi connectivity index (χ0v) is 12.1. The lowest BCUT2D eigenvalue weighted by Gasteiger charge is -2.00. The van der Waals surface area contributed by atoms with Crippen LogP contribution in [0.1, 0.15) is 41.5 Å². The molecule has 17 heavy (non-hydrogen) atoms. The summed E-state index contributed by atoms with van der Waals surface area (Å²) in [5, 5.41) is 0. The molecule has 0 aromatic carbocycles. The minimum Gasteiger partial charge on any atom is -0.0820 e. The highest BCUT2D eigenvalue weighted by Gasteiger charge is 1.92. The summed E-state index contributed by atoms with van der Waals surface area (Å²) >= 11 is 0. The van der Waals surface area contributed by atoms with Gasteiger partial charge in [-0.2, -0.15) is 0 Å². The molecule has 0 spiro atoms. The van der Waals surface area contributed by atoms with E-state index in [1.165, 1.54) is 16.7 Å². The van der Waals surface area contributed by atoms with Crippen LogP contribution >= 0.6 is 0 Å². The highest BCUT2D eigenvalue weighted by molar-refractivity contribution is 5.40. The number of hydrogen-bond donors (Lipinski definition) is 0. The van der Waals surface area contributed by atoms with E-state index in [4.69, 9.17) is 0 Å². The fraction of sp³-hybridized carbons (Fsp3) is 0.412. The molecule has 0 saturated heterocycles. The zero-order valence-electron chi connectivity index (χ0n) is 12.1. The SMILES string of the molecule is C/C=C(\C=C/C=C(C)C)C(/C)=C/C=C\C(C)C. The van der Waals surface area contributed by atoms with Crippen LogP contribution in [0.15, 0.2) is 59.3 Å². The van der Waals surface area contributed by atoms with Gasteiger partial charge in [0.15, 0.2) is 0 Å². The molecule has 94 valence electrons. The van der Waals surface area contributed by atoms with Crippen molar-refractivity contribution in [3.8, 4) is 0 Å². The first-order valence-corrected chi connectivity index (χ1v) is 6.30. The highest BCUT2D eigenvalue weighted by atomic mass is 14.0. The van der Waals surface area contributed by atoms with Crippen LogP contribution in [0.25, 0.3) is 0 Å². The van der Waals surface area contributed by atoms with Crippen molar-refractivity contribution in [2.75, 3.05) is 0 Å². The molecule has 0 radical (unpaired) electrons. The third kappa shape index (κ3) is 8.50. The number of hydrogen-bond acceptors (Lipinski definition) is 0. The fourth-order valence-corrected chi connectivity index (χ4v) is 1.32. The van der Waals surface area contributed by atoms with E-state index in [0.29, 0.717) is 5.92 Å². The maximum Gasteiger partial charge on any atom is -0.0270 e. The number of rotatable bonds is 5. The van der Waals surface area contributed by atoms with E-state index < -0.39 is 0 Å². The van der Waals surface area contributed by atoms with Gasteiger partial charge in [-0.15, -0.1) is 0 Å². The van der Waals surface area contributed by atoms with Gasteiger partial charge in [0, 0.05) is 0 Å². The van der Waals surface area contributed by atoms with Crippen LogP contribution in [0.2, 0.25) is 0 Å². The van der Waals surface area contributed by atoms with Gasteiger partial charge in [-0.1, -0.05) is 62.0 Å². The van der Waals surface area contributed by atoms with E-state index in [9.17, 15) is 0 Å². The summed E-state index contributed by atoms with van der Waals surface area (Å²) in [5.74, 6) is 0.606. The van der Waals surface area contributed by atoms with Gasteiger partial charge in [-0.3, -0.25) is 0 Å². The molecule has 0 atom stereocenters. The van der Waals surface area contributed by atoms with E-state index in [0.717, 1.165) is 0 Å². The second kappa shape index (κ2) is 8.81. The van der Waals surface area contributed by atoms with Crippen molar-refractivity contribution in [1.29, 1.82) is 0 Å². The maximum atomic E-state index is 2.20. The van der Waals surface area contributed by atoms with Crippen LogP contribution in [0, 0.1) is 5.92 Å². The summed E-state index contributed by atoms with van der Waals surface area (Å²) in [6, 6.07) is 0. The monoisotopic (exact) mass is 230 g/mol. The Bertz CT molecular complexity index is 353. The first-order valence-electron chi connectivity index (χ1n) is 6.30. The quantitative estimate of drug-likeness (QED) is 0.538. The minimum atomic E-state index is 0.606. The number of allylic oxidation sites excluding steroid dienone is 10. The van der Waals surface area contributed by atoms with Crippen molar-refractivity contribution in [2.24, 2.45) is 5.92 Å². The van der Waals surface area contributed by atoms with Gasteiger partial charge in [-0.05, 0) is 44.8 Å². The summed E-state index contributed by atoms with van der Waals surface area (Å²) in [6.45, 7) is 12.8. The van der Waals surface area contributed by atoms with Gasteiger partial charge in [0.25, 0.3) is 0 Å². The predicted molar refractivity (Wildman–Crippen MR) is 80.1 cm³/mol. The maximum absolute atomic E-state index is 2.20. The Labute approximate surface area is 107 Å². The Morgan fingerprint density at radius 2 is 1.59 bits per heavy atom. The summed E-state index contributed by atoms with van der Waals surface area (Å²) in [4.78, 5) is 0. The lowest BCUT2D eigenvalue weighted by molar-refractivity contribution is 0.832. The van der Waals surface area contributed by atoms with Crippen molar-refractivity contribution >= 4 is 0 Å². The summed E-state index contributed by atoms with van der Waals surface area (Å²) in [7, 11) is 0. The van der Waals surface area contributed by atoms with Crippen LogP contribution in [0.5, 0.6) is 0 Å². The molecule has 0 saturated carbocycles. The Balaban J connectivity index is 4.69. The molecule has 0 bridgehead atoms. The van der Waals surface area contributed by atoms with Gasteiger partial charge in [0.05, 0.1) is 0 Å². The van der Waals surface area contributed by atoms with E-state index in [2.05, 4.69) is 84.1 Å². The molecule has 0 aromatic rings. The van der Waals surface area contributed by atoms with Crippen LogP contribution in [0.4, 0.5) is 0 Å². The molecular formula is C17H26. The topological polar surface area (TPSA) is 0 Å². The molecule has 0 heterocycles. The molecule has 0 amide bonds. The molecule has 0 N–H and O–H groups in total. The van der Waals surface area contributed by atoms with Gasteiger partial charge >= 0.3 is 0 Å². The molecule has 0 aliphatic rings. The van der Waals surface area contributed by atoms with Crippen molar-refractivity contribution in [1.82, 2.24) is 0 Å². The van der Waals surface area contributed by atoms with Crippen LogP contribution in [-0.2, 0) is 0 Å². The first-order chi connectivity index (χ1) is 7.97. The molecule has 0 rings (SSSR count). The van der Waals surface area contributed by atoms with Gasteiger partial charge in [0.2, 0.25) is 0 Å². The van der Waals surface area contributed by atoms with Crippen LogP contribution in [0.3, 0.4) is 0 Å². The molecular weight excluding hydrogens is 204 g/mol. The minimum absolute atomic E-state index is 0.606. The van der Waals surface area contributed by atoms with Gasteiger partial charge in [0.1, 0.15) is 0 Å². The van der Waals surface area contributed by atoms with Crippen molar-refractivity contribution < 1.29 is 0 Å². The van der Waals surface area contributed by atoms with Gasteiger partial charge in [-0.25, -0.2) is 0 Å². The molecule has 0 aliphatic carbocycles. The predicted octanol–water partition coefficient (Wildman–Crippen LogP) is 5.61. The molecule has 0 nitrogen and oxygen atoms in total. The average molecular weight is 230 g/mol. The van der Waals surface area contributed by atoms with E-state index in [1.54, 1.807) is 0 Å². The smallest absolute Gasteiger partial charge is 0.0270 e. The van der Waals surface area contributed by atoms with Crippen LogP contribution < -0.4 is 0 Å². The average Bonchev–Trinajstić information content (AvgIpc) is 2.23. The first kappa shape index (κ1) is 15.7. The van der Waals surface area contributed by atoms with Crippen molar-refractivity contribution in [2.45, 2.75) is 41.5 Å². The Morgan fingerprint density at radius 1 is 0.941 bits per heavy atom. The lowest BCUT2D eigenvalue weighted by atomic mass is 10.1. The summed E-state index contributed by atoms with van der Waals surface area (Å²) < 4.78 is 0. The van der Waals surface area contributed by atoms with E-state index >= 15 is 0 Å². The Hall–Kier alpha value is -1.30. The third-order valence-corrected chi connectivity index (χ3v) is 2.31. The second-order valence-corrected chi connectivity index (χ2v) is 4.83. The summed E-state index contributed by atoms with van der Waals surface area (Å²) in [5.41, 5.74) is 3.89. The second-order valence-electron chi connectivity index (χ2n) is 4.83. The third-order valence-electron chi connectivity index (χ3n) is 2.31. The molecule has 0 aliphatic heterocycles. The molecule has 0 aromatic heterocycles. The van der Waals surface area contributed by atoms with E-state index in [1.807, 2.05) is 0 Å². The van der Waals surface area contributed by atoms with Crippen molar-refractivity contribution in [3.63, 3.8) is 0 Å². The van der Waals surface area contributed by atoms with E-state index in [-0.39, 0.29) is 0 Å². The molecule has 0 heteroatoms. The van der Waals surface area contributed by atoms with Crippen LogP contribution in [-0.4, -0.2) is 0 Å². The zero-order chi connectivity index (χ0) is 13.3. The normalized spacial score (nSPS) is 14.1. The largest absolute Gasteiger partial charge is 0.0820 e. The molecule has 0 fully saturated rings. The Morgan fingerprint density at radius 3 is 2.06 bits per heavy atom. The van der Waals surface area contributed by atoms with Crippen molar-refractivity contribution in [3.05, 3.63) is 59.3 Å². The highest BCUT2D eigenvalue weighted by Crippen LogP contribution is 2.11. The molecule has 0 unspecified atom stereocenters. The van der Waals surface area contributed by atoms with Gasteiger partial charge < -0.3 is 0 Å². The fourth-order valence-electron chi connectivity index (χ4n) is 1.32.